The van der Waals surface area contributed by atoms with Gasteiger partial charge in [-0.25, -0.2) is 0 Å². The minimum absolute atomic E-state index is 0.0389. The fraction of sp³-hybridized carbons (Fsp3) is 0.500. The summed E-state index contributed by atoms with van der Waals surface area (Å²) in [7, 11) is 0. The molecule has 0 aromatic heterocycles. The van der Waals surface area contributed by atoms with E-state index < -0.39 is 0 Å². The average Bonchev–Trinajstić information content (AvgIpc) is 2.30. The van der Waals surface area contributed by atoms with E-state index in [0.717, 1.165) is 18.5 Å². The lowest BCUT2D eigenvalue weighted by Crippen LogP contribution is -2.48. The first-order valence-corrected chi connectivity index (χ1v) is 6.66. The van der Waals surface area contributed by atoms with Crippen molar-refractivity contribution in [2.24, 2.45) is 11.7 Å². The van der Waals surface area contributed by atoms with E-state index in [4.69, 9.17) is 17.3 Å². The number of benzene rings is 1. The Hall–Kier alpha value is -1.06. The van der Waals surface area contributed by atoms with Crippen LogP contribution in [0.15, 0.2) is 18.2 Å². The Bertz CT molecular complexity index is 451. The number of carbonyl (C=O) groups excluding carboxylic acids is 1. The highest BCUT2D eigenvalue weighted by Crippen LogP contribution is 2.21. The van der Waals surface area contributed by atoms with Crippen LogP contribution in [0.25, 0.3) is 0 Å². The Morgan fingerprint density at radius 3 is 2.83 bits per heavy atom. The zero-order chi connectivity index (χ0) is 13.3. The highest BCUT2D eigenvalue weighted by atomic mass is 35.5. The topological polar surface area (TPSA) is 46.3 Å². The highest BCUT2D eigenvalue weighted by Gasteiger charge is 2.27. The smallest absolute Gasteiger partial charge is 0.254 e. The number of carbonyl (C=O) groups is 1. The molecule has 1 aliphatic rings. The van der Waals surface area contributed by atoms with Crippen LogP contribution < -0.4 is 5.73 Å². The van der Waals surface area contributed by atoms with Crippen molar-refractivity contribution >= 4 is 17.5 Å². The van der Waals surface area contributed by atoms with Crippen LogP contribution in [0.3, 0.4) is 0 Å². The number of halogens is 1. The second-order valence-electron chi connectivity index (χ2n) is 5.27. The summed E-state index contributed by atoms with van der Waals surface area (Å²) < 4.78 is 0. The summed E-state index contributed by atoms with van der Waals surface area (Å²) in [6.45, 7) is 5.47. The predicted octanol–water partition coefficient (Wildman–Crippen LogP) is 2.46. The second-order valence-corrected chi connectivity index (χ2v) is 5.71. The zero-order valence-corrected chi connectivity index (χ0v) is 11.6. The number of rotatable bonds is 1. The molecule has 0 aliphatic carbocycles. The summed E-state index contributed by atoms with van der Waals surface area (Å²) in [6, 6.07) is 5.50. The molecule has 1 heterocycles. The van der Waals surface area contributed by atoms with Crippen LogP contribution in [-0.4, -0.2) is 29.9 Å². The van der Waals surface area contributed by atoms with Gasteiger partial charge in [-0.05, 0) is 37.0 Å². The Morgan fingerprint density at radius 2 is 2.17 bits per heavy atom. The third kappa shape index (κ3) is 2.85. The van der Waals surface area contributed by atoms with Gasteiger partial charge in [0.25, 0.3) is 5.91 Å². The van der Waals surface area contributed by atoms with Gasteiger partial charge in [0.2, 0.25) is 0 Å². The minimum Gasteiger partial charge on any atom is -0.337 e. The van der Waals surface area contributed by atoms with Crippen LogP contribution in [0, 0.1) is 12.8 Å². The molecule has 0 spiro atoms. The lowest BCUT2D eigenvalue weighted by Gasteiger charge is -2.35. The molecule has 1 aromatic carbocycles. The molecule has 18 heavy (non-hydrogen) atoms. The van der Waals surface area contributed by atoms with Gasteiger partial charge in [0.1, 0.15) is 0 Å². The summed E-state index contributed by atoms with van der Waals surface area (Å²) in [5.74, 6) is 0.495. The molecule has 1 amide bonds. The Labute approximate surface area is 113 Å². The molecule has 1 fully saturated rings. The number of likely N-dealkylation sites (tertiary alicyclic amines) is 1. The molecule has 2 rings (SSSR count). The van der Waals surface area contributed by atoms with E-state index in [1.54, 1.807) is 12.1 Å². The summed E-state index contributed by atoms with van der Waals surface area (Å²) in [5.41, 5.74) is 7.62. The first kappa shape index (κ1) is 13.4. The van der Waals surface area contributed by atoms with E-state index in [0.29, 0.717) is 23.0 Å². The monoisotopic (exact) mass is 266 g/mol. The Balaban J connectivity index is 2.22. The zero-order valence-electron chi connectivity index (χ0n) is 10.8. The third-order valence-electron chi connectivity index (χ3n) is 3.41. The van der Waals surface area contributed by atoms with Gasteiger partial charge in [0.05, 0.1) is 0 Å². The Kier molecular flexibility index (Phi) is 3.93. The summed E-state index contributed by atoms with van der Waals surface area (Å²) >= 11 is 5.96. The molecule has 2 unspecified atom stereocenters. The van der Waals surface area contributed by atoms with Crippen LogP contribution in [0.1, 0.15) is 29.3 Å². The van der Waals surface area contributed by atoms with Crippen LogP contribution in [-0.2, 0) is 0 Å². The first-order chi connectivity index (χ1) is 8.47. The van der Waals surface area contributed by atoms with E-state index in [-0.39, 0.29) is 11.9 Å². The molecule has 4 heteroatoms. The standard InChI is InChI=1S/C14H19ClN2O/c1-9-5-12(16)8-17(7-9)14(18)13-6-11(15)4-3-10(13)2/h3-4,6,9,12H,5,7-8,16H2,1-2H3. The first-order valence-electron chi connectivity index (χ1n) is 6.28. The van der Waals surface area contributed by atoms with Crippen molar-refractivity contribution in [1.29, 1.82) is 0 Å². The Morgan fingerprint density at radius 1 is 1.44 bits per heavy atom. The van der Waals surface area contributed by atoms with Crippen molar-refractivity contribution in [3.05, 3.63) is 34.3 Å². The average molecular weight is 267 g/mol. The van der Waals surface area contributed by atoms with E-state index in [1.807, 2.05) is 17.9 Å². The van der Waals surface area contributed by atoms with Crippen molar-refractivity contribution < 1.29 is 4.79 Å². The molecule has 0 radical (unpaired) electrons. The molecule has 3 nitrogen and oxygen atoms in total. The molecule has 1 saturated heterocycles. The highest BCUT2D eigenvalue weighted by molar-refractivity contribution is 6.31. The quantitative estimate of drug-likeness (QED) is 0.849. The number of amides is 1. The fourth-order valence-corrected chi connectivity index (χ4v) is 2.73. The number of hydrogen-bond acceptors (Lipinski definition) is 2. The molecular formula is C14H19ClN2O. The number of nitrogens with zero attached hydrogens (tertiary/aromatic N) is 1. The van der Waals surface area contributed by atoms with E-state index >= 15 is 0 Å². The summed E-state index contributed by atoms with van der Waals surface area (Å²) in [5, 5.41) is 0.596. The van der Waals surface area contributed by atoms with Crippen molar-refractivity contribution in [1.82, 2.24) is 4.90 Å². The van der Waals surface area contributed by atoms with Crippen molar-refractivity contribution in [3.8, 4) is 0 Å². The maximum absolute atomic E-state index is 12.5. The van der Waals surface area contributed by atoms with Gasteiger partial charge in [-0.3, -0.25) is 4.79 Å². The number of hydrogen-bond donors (Lipinski definition) is 1. The molecule has 1 aliphatic heterocycles. The van der Waals surface area contributed by atoms with E-state index in [9.17, 15) is 4.79 Å². The number of aryl methyl sites for hydroxylation is 1. The van der Waals surface area contributed by atoms with Crippen LogP contribution in [0.2, 0.25) is 5.02 Å². The maximum atomic E-state index is 12.5. The summed E-state index contributed by atoms with van der Waals surface area (Å²) in [6.07, 6.45) is 0.984. The normalized spacial score (nSPS) is 24.1. The van der Waals surface area contributed by atoms with Gasteiger partial charge in [0, 0.05) is 29.7 Å². The number of nitrogens with two attached hydrogens (primary N) is 1. The molecule has 2 N–H and O–H groups in total. The van der Waals surface area contributed by atoms with Crippen LogP contribution in [0.5, 0.6) is 0 Å². The van der Waals surface area contributed by atoms with E-state index in [1.165, 1.54) is 0 Å². The van der Waals surface area contributed by atoms with Gasteiger partial charge in [-0.15, -0.1) is 0 Å². The lowest BCUT2D eigenvalue weighted by atomic mass is 9.95. The lowest BCUT2D eigenvalue weighted by molar-refractivity contribution is 0.0660. The third-order valence-corrected chi connectivity index (χ3v) is 3.64. The van der Waals surface area contributed by atoms with Gasteiger partial charge in [-0.1, -0.05) is 24.6 Å². The molecule has 98 valence electrons. The second kappa shape index (κ2) is 5.29. The van der Waals surface area contributed by atoms with Crippen molar-refractivity contribution in [3.63, 3.8) is 0 Å². The number of piperidine rings is 1. The fourth-order valence-electron chi connectivity index (χ4n) is 2.56. The van der Waals surface area contributed by atoms with Crippen molar-refractivity contribution in [2.45, 2.75) is 26.3 Å². The molecule has 2 atom stereocenters. The maximum Gasteiger partial charge on any atom is 0.254 e. The van der Waals surface area contributed by atoms with Gasteiger partial charge in [0.15, 0.2) is 0 Å². The summed E-state index contributed by atoms with van der Waals surface area (Å²) in [4.78, 5) is 14.3. The van der Waals surface area contributed by atoms with Gasteiger partial charge < -0.3 is 10.6 Å². The molecular weight excluding hydrogens is 248 g/mol. The molecule has 0 bridgehead atoms. The minimum atomic E-state index is 0.0389. The van der Waals surface area contributed by atoms with Crippen LogP contribution in [0.4, 0.5) is 0 Å². The molecule has 0 saturated carbocycles. The largest absolute Gasteiger partial charge is 0.337 e. The van der Waals surface area contributed by atoms with Crippen LogP contribution >= 0.6 is 11.6 Å². The molecule has 1 aromatic rings. The van der Waals surface area contributed by atoms with E-state index in [2.05, 4.69) is 6.92 Å². The SMILES string of the molecule is Cc1ccc(Cl)cc1C(=O)N1CC(C)CC(N)C1. The van der Waals surface area contributed by atoms with Gasteiger partial charge in [-0.2, -0.15) is 0 Å². The van der Waals surface area contributed by atoms with Gasteiger partial charge >= 0.3 is 0 Å². The predicted molar refractivity (Wildman–Crippen MR) is 73.8 cm³/mol. The van der Waals surface area contributed by atoms with Crippen molar-refractivity contribution in [2.75, 3.05) is 13.1 Å².